The highest BCUT2D eigenvalue weighted by molar-refractivity contribution is 6.31. The fourth-order valence-electron chi connectivity index (χ4n) is 2.32. The number of aryl methyl sites for hydroxylation is 1. The second kappa shape index (κ2) is 4.41. The summed E-state index contributed by atoms with van der Waals surface area (Å²) in [5.74, 6) is 1.09. The van der Waals surface area contributed by atoms with Crippen molar-refractivity contribution in [3.63, 3.8) is 0 Å². The second-order valence-electron chi connectivity index (χ2n) is 4.23. The lowest BCUT2D eigenvalue weighted by atomic mass is 9.93. The van der Waals surface area contributed by atoms with E-state index in [1.165, 1.54) is 5.56 Å². The summed E-state index contributed by atoms with van der Waals surface area (Å²) in [6.45, 7) is 0. The molecule has 2 aromatic rings. The van der Waals surface area contributed by atoms with Crippen molar-refractivity contribution >= 4 is 17.3 Å². The SMILES string of the molecule is Clc1ncccc1NC1CCCc2occc21. The van der Waals surface area contributed by atoms with E-state index in [1.807, 2.05) is 18.2 Å². The molecule has 1 unspecified atom stereocenters. The quantitative estimate of drug-likeness (QED) is 0.821. The van der Waals surface area contributed by atoms with E-state index in [9.17, 15) is 0 Å². The molecule has 2 heterocycles. The van der Waals surface area contributed by atoms with Crippen molar-refractivity contribution in [3.8, 4) is 0 Å². The molecule has 0 saturated heterocycles. The zero-order valence-corrected chi connectivity index (χ0v) is 10.1. The van der Waals surface area contributed by atoms with Gasteiger partial charge in [-0.2, -0.15) is 0 Å². The number of anilines is 1. The van der Waals surface area contributed by atoms with E-state index in [0.717, 1.165) is 30.7 Å². The van der Waals surface area contributed by atoms with Gasteiger partial charge in [-0.1, -0.05) is 11.6 Å². The van der Waals surface area contributed by atoms with Gasteiger partial charge in [0.1, 0.15) is 5.76 Å². The smallest absolute Gasteiger partial charge is 0.152 e. The van der Waals surface area contributed by atoms with E-state index < -0.39 is 0 Å². The number of nitrogens with one attached hydrogen (secondary N) is 1. The molecule has 1 atom stereocenters. The maximum absolute atomic E-state index is 6.05. The first-order chi connectivity index (χ1) is 8.34. The summed E-state index contributed by atoms with van der Waals surface area (Å²) < 4.78 is 5.47. The normalized spacial score (nSPS) is 18.8. The van der Waals surface area contributed by atoms with Crippen LogP contribution in [0.25, 0.3) is 0 Å². The van der Waals surface area contributed by atoms with E-state index in [4.69, 9.17) is 16.0 Å². The van der Waals surface area contributed by atoms with Crippen LogP contribution in [-0.2, 0) is 6.42 Å². The van der Waals surface area contributed by atoms with Crippen LogP contribution in [0.15, 0.2) is 35.1 Å². The Morgan fingerprint density at radius 1 is 1.41 bits per heavy atom. The number of furan rings is 1. The van der Waals surface area contributed by atoms with E-state index >= 15 is 0 Å². The lowest BCUT2D eigenvalue weighted by molar-refractivity contribution is 0.461. The van der Waals surface area contributed by atoms with Crippen molar-refractivity contribution in [2.24, 2.45) is 0 Å². The number of hydrogen-bond acceptors (Lipinski definition) is 3. The highest BCUT2D eigenvalue weighted by Crippen LogP contribution is 2.34. The van der Waals surface area contributed by atoms with Gasteiger partial charge in [0.15, 0.2) is 5.15 Å². The Morgan fingerprint density at radius 3 is 3.24 bits per heavy atom. The molecule has 0 aliphatic heterocycles. The fraction of sp³-hybridized carbons (Fsp3) is 0.308. The van der Waals surface area contributed by atoms with Gasteiger partial charge in [-0.05, 0) is 31.0 Å². The largest absolute Gasteiger partial charge is 0.469 e. The zero-order valence-electron chi connectivity index (χ0n) is 9.32. The number of rotatable bonds is 2. The molecular formula is C13H13ClN2O. The summed E-state index contributed by atoms with van der Waals surface area (Å²) in [7, 11) is 0. The van der Waals surface area contributed by atoms with Gasteiger partial charge in [-0.3, -0.25) is 0 Å². The molecule has 0 saturated carbocycles. The van der Waals surface area contributed by atoms with Gasteiger partial charge in [-0.25, -0.2) is 4.98 Å². The van der Waals surface area contributed by atoms with Gasteiger partial charge < -0.3 is 9.73 Å². The van der Waals surface area contributed by atoms with Crippen LogP contribution in [0, 0.1) is 0 Å². The van der Waals surface area contributed by atoms with Crippen molar-refractivity contribution in [2.45, 2.75) is 25.3 Å². The Morgan fingerprint density at radius 2 is 2.35 bits per heavy atom. The van der Waals surface area contributed by atoms with Gasteiger partial charge in [0.05, 0.1) is 18.0 Å². The zero-order chi connectivity index (χ0) is 11.7. The van der Waals surface area contributed by atoms with Gasteiger partial charge in [0.2, 0.25) is 0 Å². The number of fused-ring (bicyclic) bond motifs is 1. The summed E-state index contributed by atoms with van der Waals surface area (Å²) in [6, 6.07) is 6.15. The molecule has 3 nitrogen and oxygen atoms in total. The molecule has 1 N–H and O–H groups in total. The van der Waals surface area contributed by atoms with E-state index in [2.05, 4.69) is 10.3 Å². The Hall–Kier alpha value is -1.48. The van der Waals surface area contributed by atoms with E-state index in [1.54, 1.807) is 12.5 Å². The van der Waals surface area contributed by atoms with Crippen molar-refractivity contribution < 1.29 is 4.42 Å². The number of pyridine rings is 1. The lowest BCUT2D eigenvalue weighted by Gasteiger charge is -2.23. The van der Waals surface area contributed by atoms with Crippen LogP contribution in [0.3, 0.4) is 0 Å². The van der Waals surface area contributed by atoms with Gasteiger partial charge in [-0.15, -0.1) is 0 Å². The third-order valence-electron chi connectivity index (χ3n) is 3.14. The van der Waals surface area contributed by atoms with Crippen molar-refractivity contribution in [1.29, 1.82) is 0 Å². The molecule has 1 aliphatic rings. The van der Waals surface area contributed by atoms with E-state index in [0.29, 0.717) is 5.15 Å². The van der Waals surface area contributed by atoms with E-state index in [-0.39, 0.29) is 6.04 Å². The Kier molecular flexibility index (Phi) is 2.77. The van der Waals surface area contributed by atoms with Crippen LogP contribution in [0.2, 0.25) is 5.15 Å². The number of hydrogen-bond donors (Lipinski definition) is 1. The maximum Gasteiger partial charge on any atom is 0.152 e. The number of halogens is 1. The highest BCUT2D eigenvalue weighted by atomic mass is 35.5. The molecule has 0 spiro atoms. The number of aromatic nitrogens is 1. The monoisotopic (exact) mass is 248 g/mol. The third-order valence-corrected chi connectivity index (χ3v) is 3.44. The standard InChI is InChI=1S/C13H13ClN2O/c14-13-11(4-2-7-15-13)16-10-3-1-5-12-9(10)6-8-17-12/h2,4,6-8,10,16H,1,3,5H2. The Bertz CT molecular complexity index is 524. The average molecular weight is 249 g/mol. The first kappa shape index (κ1) is 10.7. The van der Waals surface area contributed by atoms with Crippen molar-refractivity contribution in [3.05, 3.63) is 47.1 Å². The first-order valence-corrected chi connectivity index (χ1v) is 6.16. The van der Waals surface area contributed by atoms with Crippen LogP contribution in [0.5, 0.6) is 0 Å². The molecule has 0 aromatic carbocycles. The maximum atomic E-state index is 6.05. The summed E-state index contributed by atoms with van der Waals surface area (Å²) in [5, 5.41) is 3.95. The first-order valence-electron chi connectivity index (χ1n) is 5.78. The molecule has 1 aliphatic carbocycles. The lowest BCUT2D eigenvalue weighted by Crippen LogP contribution is -2.16. The van der Waals surface area contributed by atoms with Crippen LogP contribution in [-0.4, -0.2) is 4.98 Å². The molecule has 3 rings (SSSR count). The van der Waals surface area contributed by atoms with Gasteiger partial charge >= 0.3 is 0 Å². The summed E-state index contributed by atoms with van der Waals surface area (Å²) in [6.07, 6.45) is 6.71. The summed E-state index contributed by atoms with van der Waals surface area (Å²) >= 11 is 6.05. The predicted octanol–water partition coefficient (Wildman–Crippen LogP) is 3.82. The molecule has 0 fully saturated rings. The van der Waals surface area contributed by atoms with Gasteiger partial charge in [0.25, 0.3) is 0 Å². The molecular weight excluding hydrogens is 236 g/mol. The van der Waals surface area contributed by atoms with Crippen LogP contribution < -0.4 is 5.32 Å². The topological polar surface area (TPSA) is 38.1 Å². The minimum atomic E-state index is 0.277. The highest BCUT2D eigenvalue weighted by Gasteiger charge is 2.22. The molecule has 17 heavy (non-hydrogen) atoms. The second-order valence-corrected chi connectivity index (χ2v) is 4.59. The molecule has 0 amide bonds. The molecule has 0 radical (unpaired) electrons. The molecule has 4 heteroatoms. The van der Waals surface area contributed by atoms with Crippen LogP contribution in [0.4, 0.5) is 5.69 Å². The number of nitrogens with zero attached hydrogens (tertiary/aromatic N) is 1. The Balaban J connectivity index is 1.86. The summed E-state index contributed by atoms with van der Waals surface area (Å²) in [5.41, 5.74) is 2.13. The van der Waals surface area contributed by atoms with Crippen LogP contribution in [0.1, 0.15) is 30.2 Å². The molecule has 0 bridgehead atoms. The molecule has 2 aromatic heterocycles. The molecule has 88 valence electrons. The minimum absolute atomic E-state index is 0.277. The average Bonchev–Trinajstić information content (AvgIpc) is 2.81. The third kappa shape index (κ3) is 2.03. The van der Waals surface area contributed by atoms with Crippen molar-refractivity contribution in [1.82, 2.24) is 4.98 Å². The Labute approximate surface area is 105 Å². The fourth-order valence-corrected chi connectivity index (χ4v) is 2.49. The summed E-state index contributed by atoms with van der Waals surface area (Å²) in [4.78, 5) is 4.07. The predicted molar refractivity (Wildman–Crippen MR) is 67.3 cm³/mol. The van der Waals surface area contributed by atoms with Gasteiger partial charge in [0, 0.05) is 18.2 Å². The van der Waals surface area contributed by atoms with Crippen LogP contribution >= 0.6 is 11.6 Å². The minimum Gasteiger partial charge on any atom is -0.469 e. The van der Waals surface area contributed by atoms with Crippen molar-refractivity contribution in [2.75, 3.05) is 5.32 Å².